The third kappa shape index (κ3) is 2.55. The standard InChI is InChI=1S/C11H14FN3O/c12-8-7-13-6-4-9(8)15-11(16)10-3-1-2-5-14-10/h1-3,5,8-9,13H,4,6-7H2,(H,15,16)/t8-,9+/m1/s1. The van der Waals surface area contributed by atoms with Gasteiger partial charge in [-0.1, -0.05) is 6.07 Å². The molecule has 5 heteroatoms. The van der Waals surface area contributed by atoms with Gasteiger partial charge in [0.25, 0.3) is 5.91 Å². The molecule has 0 bridgehead atoms. The molecule has 16 heavy (non-hydrogen) atoms. The smallest absolute Gasteiger partial charge is 0.270 e. The van der Waals surface area contributed by atoms with Crippen LogP contribution in [0.3, 0.4) is 0 Å². The first kappa shape index (κ1) is 11.0. The van der Waals surface area contributed by atoms with Gasteiger partial charge in [0.2, 0.25) is 0 Å². The zero-order valence-electron chi connectivity index (χ0n) is 8.82. The molecule has 1 saturated heterocycles. The van der Waals surface area contributed by atoms with E-state index in [-0.39, 0.29) is 5.91 Å². The number of hydrogen-bond donors (Lipinski definition) is 2. The number of carbonyl (C=O) groups is 1. The molecule has 1 aliphatic heterocycles. The van der Waals surface area contributed by atoms with E-state index in [1.165, 1.54) is 0 Å². The van der Waals surface area contributed by atoms with Crippen molar-refractivity contribution in [1.82, 2.24) is 15.6 Å². The van der Waals surface area contributed by atoms with Crippen LogP contribution in [0.15, 0.2) is 24.4 Å². The maximum absolute atomic E-state index is 13.4. The first-order chi connectivity index (χ1) is 7.77. The van der Waals surface area contributed by atoms with Crippen molar-refractivity contribution in [2.45, 2.75) is 18.6 Å². The summed E-state index contributed by atoms with van der Waals surface area (Å²) in [5, 5.41) is 5.60. The number of piperidine rings is 1. The Morgan fingerprint density at radius 2 is 2.44 bits per heavy atom. The van der Waals surface area contributed by atoms with E-state index in [0.29, 0.717) is 18.7 Å². The third-order valence-corrected chi connectivity index (χ3v) is 2.62. The van der Waals surface area contributed by atoms with Crippen molar-refractivity contribution in [3.63, 3.8) is 0 Å². The molecule has 0 aromatic carbocycles. The third-order valence-electron chi connectivity index (χ3n) is 2.62. The number of nitrogens with one attached hydrogen (secondary N) is 2. The predicted molar refractivity (Wildman–Crippen MR) is 57.9 cm³/mol. The molecule has 0 aliphatic carbocycles. The SMILES string of the molecule is O=C(N[C@H]1CCNC[C@H]1F)c1ccccn1. The van der Waals surface area contributed by atoms with E-state index in [1.807, 2.05) is 0 Å². The van der Waals surface area contributed by atoms with Gasteiger partial charge >= 0.3 is 0 Å². The van der Waals surface area contributed by atoms with Gasteiger partial charge in [0.15, 0.2) is 0 Å². The average Bonchev–Trinajstić information content (AvgIpc) is 2.33. The second-order valence-electron chi connectivity index (χ2n) is 3.80. The summed E-state index contributed by atoms with van der Waals surface area (Å²) >= 11 is 0. The fraction of sp³-hybridized carbons (Fsp3) is 0.455. The number of rotatable bonds is 2. The van der Waals surface area contributed by atoms with E-state index in [9.17, 15) is 9.18 Å². The molecule has 1 aromatic heterocycles. The van der Waals surface area contributed by atoms with Crippen LogP contribution in [0.2, 0.25) is 0 Å². The highest BCUT2D eigenvalue weighted by Gasteiger charge is 2.26. The van der Waals surface area contributed by atoms with Crippen molar-refractivity contribution in [1.29, 1.82) is 0 Å². The normalized spacial score (nSPS) is 25.1. The maximum Gasteiger partial charge on any atom is 0.270 e. The number of halogens is 1. The van der Waals surface area contributed by atoms with E-state index in [1.54, 1.807) is 24.4 Å². The monoisotopic (exact) mass is 223 g/mol. The first-order valence-corrected chi connectivity index (χ1v) is 5.34. The van der Waals surface area contributed by atoms with Gasteiger partial charge in [-0.3, -0.25) is 9.78 Å². The molecule has 1 aliphatic rings. The minimum Gasteiger partial charge on any atom is -0.345 e. The van der Waals surface area contributed by atoms with E-state index in [4.69, 9.17) is 0 Å². The molecular weight excluding hydrogens is 209 g/mol. The lowest BCUT2D eigenvalue weighted by Gasteiger charge is -2.27. The minimum absolute atomic E-state index is 0.299. The lowest BCUT2D eigenvalue weighted by molar-refractivity contribution is 0.0887. The number of pyridine rings is 1. The van der Waals surface area contributed by atoms with E-state index in [0.717, 1.165) is 6.54 Å². The van der Waals surface area contributed by atoms with Crippen molar-refractivity contribution in [2.24, 2.45) is 0 Å². The van der Waals surface area contributed by atoms with Crippen LogP contribution in [-0.4, -0.2) is 36.2 Å². The fourth-order valence-electron chi connectivity index (χ4n) is 1.72. The molecule has 1 aromatic rings. The molecule has 0 saturated carbocycles. The van der Waals surface area contributed by atoms with Gasteiger partial charge < -0.3 is 10.6 Å². The van der Waals surface area contributed by atoms with Crippen LogP contribution in [-0.2, 0) is 0 Å². The van der Waals surface area contributed by atoms with Gasteiger partial charge in [-0.05, 0) is 25.1 Å². The van der Waals surface area contributed by atoms with Gasteiger partial charge in [0.1, 0.15) is 11.9 Å². The highest BCUT2D eigenvalue weighted by molar-refractivity contribution is 5.92. The first-order valence-electron chi connectivity index (χ1n) is 5.34. The molecule has 0 radical (unpaired) electrons. The van der Waals surface area contributed by atoms with Crippen molar-refractivity contribution >= 4 is 5.91 Å². The molecule has 0 spiro atoms. The summed E-state index contributed by atoms with van der Waals surface area (Å²) in [6, 6.07) is 4.68. The molecule has 2 rings (SSSR count). The number of amides is 1. The maximum atomic E-state index is 13.4. The Bertz CT molecular complexity index is 358. The summed E-state index contributed by atoms with van der Waals surface area (Å²) < 4.78 is 13.4. The van der Waals surface area contributed by atoms with Gasteiger partial charge in [0.05, 0.1) is 6.04 Å². The Morgan fingerprint density at radius 1 is 1.56 bits per heavy atom. The molecule has 1 fully saturated rings. The van der Waals surface area contributed by atoms with Crippen LogP contribution in [0.1, 0.15) is 16.9 Å². The van der Waals surface area contributed by atoms with Gasteiger partial charge in [-0.2, -0.15) is 0 Å². The lowest BCUT2D eigenvalue weighted by Crippen LogP contribution is -2.50. The second kappa shape index (κ2) is 5.03. The molecule has 2 atom stereocenters. The average molecular weight is 223 g/mol. The predicted octanol–water partition coefficient (Wildman–Crippen LogP) is 0.511. The van der Waals surface area contributed by atoms with Crippen molar-refractivity contribution in [3.8, 4) is 0 Å². The highest BCUT2D eigenvalue weighted by atomic mass is 19.1. The summed E-state index contributed by atoms with van der Waals surface area (Å²) in [6.45, 7) is 1.03. The molecule has 1 amide bonds. The van der Waals surface area contributed by atoms with Gasteiger partial charge in [0, 0.05) is 12.7 Å². The van der Waals surface area contributed by atoms with Crippen molar-refractivity contribution in [3.05, 3.63) is 30.1 Å². The number of hydrogen-bond acceptors (Lipinski definition) is 3. The molecule has 86 valence electrons. The molecular formula is C11H14FN3O. The number of aromatic nitrogens is 1. The van der Waals surface area contributed by atoms with E-state index >= 15 is 0 Å². The Morgan fingerprint density at radius 3 is 3.12 bits per heavy atom. The topological polar surface area (TPSA) is 54.0 Å². The van der Waals surface area contributed by atoms with Crippen molar-refractivity contribution in [2.75, 3.05) is 13.1 Å². The van der Waals surface area contributed by atoms with Crippen LogP contribution in [0.25, 0.3) is 0 Å². The molecule has 2 N–H and O–H groups in total. The second-order valence-corrected chi connectivity index (χ2v) is 3.80. The van der Waals surface area contributed by atoms with E-state index in [2.05, 4.69) is 15.6 Å². The fourth-order valence-corrected chi connectivity index (χ4v) is 1.72. The number of carbonyl (C=O) groups excluding carboxylic acids is 1. The largest absolute Gasteiger partial charge is 0.345 e. The summed E-state index contributed by atoms with van der Waals surface area (Å²) in [4.78, 5) is 15.6. The van der Waals surface area contributed by atoms with Crippen LogP contribution >= 0.6 is 0 Å². The molecule has 0 unspecified atom stereocenters. The van der Waals surface area contributed by atoms with E-state index < -0.39 is 12.2 Å². The zero-order valence-corrected chi connectivity index (χ0v) is 8.82. The van der Waals surface area contributed by atoms with Crippen LogP contribution < -0.4 is 10.6 Å². The highest BCUT2D eigenvalue weighted by Crippen LogP contribution is 2.08. The van der Waals surface area contributed by atoms with Crippen molar-refractivity contribution < 1.29 is 9.18 Å². The van der Waals surface area contributed by atoms with Gasteiger partial charge in [-0.15, -0.1) is 0 Å². The molecule has 2 heterocycles. The molecule has 4 nitrogen and oxygen atoms in total. The van der Waals surface area contributed by atoms with Gasteiger partial charge in [-0.25, -0.2) is 4.39 Å². The Hall–Kier alpha value is -1.49. The lowest BCUT2D eigenvalue weighted by atomic mass is 10.0. The quantitative estimate of drug-likeness (QED) is 0.768. The summed E-state index contributed by atoms with van der Waals surface area (Å²) in [5.41, 5.74) is 0.327. The summed E-state index contributed by atoms with van der Waals surface area (Å²) in [5.74, 6) is -0.310. The van der Waals surface area contributed by atoms with Crippen LogP contribution in [0.5, 0.6) is 0 Å². The Labute approximate surface area is 93.3 Å². The zero-order chi connectivity index (χ0) is 11.4. The summed E-state index contributed by atoms with van der Waals surface area (Å²) in [7, 11) is 0. The Balaban J connectivity index is 1.96. The number of nitrogens with zero attached hydrogens (tertiary/aromatic N) is 1. The van der Waals surface area contributed by atoms with Crippen LogP contribution in [0, 0.1) is 0 Å². The minimum atomic E-state index is -1.03. The van der Waals surface area contributed by atoms with Crippen LogP contribution in [0.4, 0.5) is 4.39 Å². The summed E-state index contributed by atoms with van der Waals surface area (Å²) in [6.07, 6.45) is 1.13. The Kier molecular flexibility index (Phi) is 3.46. The number of alkyl halides is 1.